The van der Waals surface area contributed by atoms with Crippen molar-refractivity contribution >= 4 is 15.9 Å². The molecule has 1 aromatic rings. The van der Waals surface area contributed by atoms with E-state index in [1.54, 1.807) is 0 Å². The van der Waals surface area contributed by atoms with Gasteiger partial charge in [-0.1, -0.05) is 5.92 Å². The number of hydrogen-bond donors (Lipinski definition) is 0. The average Bonchev–Trinajstić information content (AvgIpc) is 2.06. The number of terminal acetylenes is 1. The molecular weight excluding hydrogens is 261 g/mol. The van der Waals surface area contributed by atoms with E-state index in [0.29, 0.717) is 10.0 Å². The summed E-state index contributed by atoms with van der Waals surface area (Å²) >= 11 is 3.09. The maximum atomic E-state index is 11.8. The third kappa shape index (κ3) is 2.96. The van der Waals surface area contributed by atoms with Crippen molar-refractivity contribution in [3.05, 3.63) is 28.2 Å². The Morgan fingerprint density at radius 1 is 1.36 bits per heavy atom. The highest BCUT2D eigenvalue weighted by atomic mass is 79.9. The van der Waals surface area contributed by atoms with Crippen LogP contribution in [0.2, 0.25) is 0 Å². The Kier molecular flexibility index (Phi) is 3.06. The van der Waals surface area contributed by atoms with Crippen molar-refractivity contribution < 1.29 is 17.9 Å². The molecule has 0 N–H and O–H groups in total. The molecule has 0 aromatic heterocycles. The standard InChI is InChI=1S/C9H4BrF3O/c1-2-6-5-7(3-4-8(6)10)14-9(11,12)13/h1,3-5H. The van der Waals surface area contributed by atoms with Gasteiger partial charge in [-0.2, -0.15) is 0 Å². The van der Waals surface area contributed by atoms with E-state index >= 15 is 0 Å². The van der Waals surface area contributed by atoms with Gasteiger partial charge < -0.3 is 4.74 Å². The molecule has 1 aromatic carbocycles. The molecule has 74 valence electrons. The van der Waals surface area contributed by atoms with Gasteiger partial charge in [0, 0.05) is 10.0 Å². The van der Waals surface area contributed by atoms with Crippen LogP contribution in [0, 0.1) is 12.3 Å². The summed E-state index contributed by atoms with van der Waals surface area (Å²) in [6.45, 7) is 0. The minimum absolute atomic E-state index is 0.312. The van der Waals surface area contributed by atoms with Crippen LogP contribution in [0.3, 0.4) is 0 Å². The first-order valence-electron chi connectivity index (χ1n) is 3.44. The van der Waals surface area contributed by atoms with Crippen LogP contribution in [0.25, 0.3) is 0 Å². The number of ether oxygens (including phenoxy) is 1. The fourth-order valence-electron chi connectivity index (χ4n) is 0.812. The molecule has 0 heterocycles. The van der Waals surface area contributed by atoms with Crippen LogP contribution < -0.4 is 4.74 Å². The lowest BCUT2D eigenvalue weighted by Crippen LogP contribution is -2.17. The number of benzene rings is 1. The third-order valence-electron chi connectivity index (χ3n) is 1.33. The fourth-order valence-corrected chi connectivity index (χ4v) is 1.17. The predicted octanol–water partition coefficient (Wildman–Crippen LogP) is 3.33. The molecule has 0 radical (unpaired) electrons. The lowest BCUT2D eigenvalue weighted by atomic mass is 10.2. The average molecular weight is 265 g/mol. The SMILES string of the molecule is C#Cc1cc(OC(F)(F)F)ccc1Br. The Morgan fingerprint density at radius 2 is 2.00 bits per heavy atom. The summed E-state index contributed by atoms with van der Waals surface area (Å²) in [4.78, 5) is 0. The molecule has 1 rings (SSSR count). The first kappa shape index (κ1) is 10.9. The molecule has 0 fully saturated rings. The zero-order valence-corrected chi connectivity index (χ0v) is 8.32. The van der Waals surface area contributed by atoms with Crippen molar-refractivity contribution in [1.29, 1.82) is 0 Å². The topological polar surface area (TPSA) is 9.23 Å². The molecule has 0 amide bonds. The summed E-state index contributed by atoms with van der Waals surface area (Å²) in [5.41, 5.74) is 0.312. The van der Waals surface area contributed by atoms with E-state index in [1.807, 2.05) is 0 Å². The van der Waals surface area contributed by atoms with E-state index in [9.17, 15) is 13.2 Å². The van der Waals surface area contributed by atoms with E-state index in [-0.39, 0.29) is 5.75 Å². The highest BCUT2D eigenvalue weighted by Gasteiger charge is 2.31. The Labute approximate surface area is 87.0 Å². The van der Waals surface area contributed by atoms with E-state index < -0.39 is 6.36 Å². The van der Waals surface area contributed by atoms with Crippen LogP contribution in [0.4, 0.5) is 13.2 Å². The van der Waals surface area contributed by atoms with Crippen molar-refractivity contribution in [3.8, 4) is 18.1 Å². The third-order valence-corrected chi connectivity index (χ3v) is 2.02. The minimum Gasteiger partial charge on any atom is -0.406 e. The van der Waals surface area contributed by atoms with Crippen molar-refractivity contribution in [2.24, 2.45) is 0 Å². The van der Waals surface area contributed by atoms with Crippen LogP contribution in [0.1, 0.15) is 5.56 Å². The summed E-state index contributed by atoms with van der Waals surface area (Å²) in [5.74, 6) is 1.90. The van der Waals surface area contributed by atoms with Gasteiger partial charge in [0.2, 0.25) is 0 Å². The van der Waals surface area contributed by atoms with Crippen LogP contribution in [0.5, 0.6) is 5.75 Å². The molecule has 0 aliphatic heterocycles. The Balaban J connectivity index is 2.97. The molecule has 0 aliphatic carbocycles. The smallest absolute Gasteiger partial charge is 0.406 e. The summed E-state index contributed by atoms with van der Waals surface area (Å²) in [6.07, 6.45) is 0.372. The predicted molar refractivity (Wildman–Crippen MR) is 48.8 cm³/mol. The Morgan fingerprint density at radius 3 is 2.50 bits per heavy atom. The van der Waals surface area contributed by atoms with Crippen molar-refractivity contribution in [3.63, 3.8) is 0 Å². The summed E-state index contributed by atoms with van der Waals surface area (Å²) in [6, 6.07) is 3.71. The van der Waals surface area contributed by atoms with E-state index in [2.05, 4.69) is 26.6 Å². The molecule has 5 heteroatoms. The molecule has 0 bridgehead atoms. The second-order valence-electron chi connectivity index (χ2n) is 2.33. The largest absolute Gasteiger partial charge is 0.573 e. The first-order chi connectivity index (χ1) is 6.42. The normalized spacial score (nSPS) is 10.8. The van der Waals surface area contributed by atoms with Gasteiger partial charge in [-0.25, -0.2) is 0 Å². The minimum atomic E-state index is -4.69. The van der Waals surface area contributed by atoms with Gasteiger partial charge in [-0.15, -0.1) is 19.6 Å². The van der Waals surface area contributed by atoms with Crippen LogP contribution in [-0.2, 0) is 0 Å². The lowest BCUT2D eigenvalue weighted by Gasteiger charge is -2.09. The lowest BCUT2D eigenvalue weighted by molar-refractivity contribution is -0.274. The maximum Gasteiger partial charge on any atom is 0.573 e. The number of hydrogen-bond acceptors (Lipinski definition) is 1. The van der Waals surface area contributed by atoms with E-state index in [4.69, 9.17) is 6.42 Å². The summed E-state index contributed by atoms with van der Waals surface area (Å²) < 4.78 is 39.6. The van der Waals surface area contributed by atoms with Crippen molar-refractivity contribution in [1.82, 2.24) is 0 Å². The molecule has 14 heavy (non-hydrogen) atoms. The second kappa shape index (κ2) is 3.93. The highest BCUT2D eigenvalue weighted by Crippen LogP contribution is 2.26. The maximum absolute atomic E-state index is 11.8. The van der Waals surface area contributed by atoms with E-state index in [1.165, 1.54) is 12.1 Å². The van der Waals surface area contributed by atoms with Crippen LogP contribution >= 0.6 is 15.9 Å². The van der Waals surface area contributed by atoms with Gasteiger partial charge in [0.15, 0.2) is 0 Å². The zero-order valence-electron chi connectivity index (χ0n) is 6.73. The van der Waals surface area contributed by atoms with Crippen LogP contribution in [-0.4, -0.2) is 6.36 Å². The number of alkyl halides is 3. The quantitative estimate of drug-likeness (QED) is 0.707. The van der Waals surface area contributed by atoms with Gasteiger partial charge in [0.25, 0.3) is 0 Å². The van der Waals surface area contributed by atoms with Gasteiger partial charge in [0.05, 0.1) is 0 Å². The molecule has 0 unspecified atom stereocenters. The number of halogens is 4. The van der Waals surface area contributed by atoms with Crippen molar-refractivity contribution in [2.75, 3.05) is 0 Å². The van der Waals surface area contributed by atoms with E-state index in [0.717, 1.165) is 6.07 Å². The summed E-state index contributed by atoms with van der Waals surface area (Å²) in [7, 11) is 0. The zero-order chi connectivity index (χ0) is 10.8. The first-order valence-corrected chi connectivity index (χ1v) is 4.23. The molecule has 1 nitrogen and oxygen atoms in total. The van der Waals surface area contributed by atoms with Gasteiger partial charge in [-0.3, -0.25) is 0 Å². The number of rotatable bonds is 1. The summed E-state index contributed by atoms with van der Waals surface area (Å²) in [5, 5.41) is 0. The fraction of sp³-hybridized carbons (Fsp3) is 0.111. The Hall–Kier alpha value is -1.15. The molecule has 0 atom stereocenters. The van der Waals surface area contributed by atoms with Gasteiger partial charge >= 0.3 is 6.36 Å². The molecule has 0 saturated carbocycles. The second-order valence-corrected chi connectivity index (χ2v) is 3.19. The highest BCUT2D eigenvalue weighted by molar-refractivity contribution is 9.10. The van der Waals surface area contributed by atoms with Gasteiger partial charge in [-0.05, 0) is 34.1 Å². The molecule has 0 spiro atoms. The Bertz CT molecular complexity index is 379. The van der Waals surface area contributed by atoms with Crippen molar-refractivity contribution in [2.45, 2.75) is 6.36 Å². The molecule has 0 aliphatic rings. The molecule has 0 saturated heterocycles. The van der Waals surface area contributed by atoms with Gasteiger partial charge in [0.1, 0.15) is 5.75 Å². The molecular formula is C9H4BrF3O. The monoisotopic (exact) mass is 264 g/mol. The van der Waals surface area contributed by atoms with Crippen LogP contribution in [0.15, 0.2) is 22.7 Å².